The number of benzene rings is 1. The summed E-state index contributed by atoms with van der Waals surface area (Å²) < 4.78 is 27.5. The lowest BCUT2D eigenvalue weighted by Gasteiger charge is -2.03. The lowest BCUT2D eigenvalue weighted by molar-refractivity contribution is 0.0726. The minimum atomic E-state index is -3.54. The van der Waals surface area contributed by atoms with E-state index < -0.39 is 15.8 Å². The molecular weight excluding hydrogens is 268 g/mol. The molecule has 1 aromatic carbocycles. The number of aromatic nitrogens is 2. The van der Waals surface area contributed by atoms with Gasteiger partial charge in [-0.15, -0.1) is 0 Å². The molecule has 0 amide bonds. The summed E-state index contributed by atoms with van der Waals surface area (Å²) >= 11 is 0. The van der Waals surface area contributed by atoms with Crippen LogP contribution < -0.4 is 4.74 Å². The fourth-order valence-electron chi connectivity index (χ4n) is 1.29. The summed E-state index contributed by atoms with van der Waals surface area (Å²) in [4.78, 5) is 19.0. The highest BCUT2D eigenvalue weighted by Crippen LogP contribution is 2.11. The second-order valence-corrected chi connectivity index (χ2v) is 5.61. The molecule has 0 bridgehead atoms. The molecular formula is C12H10N2O4S. The van der Waals surface area contributed by atoms with E-state index in [-0.39, 0.29) is 11.0 Å². The van der Waals surface area contributed by atoms with Crippen molar-refractivity contribution in [1.29, 1.82) is 0 Å². The van der Waals surface area contributed by atoms with Crippen LogP contribution in [0.1, 0.15) is 10.4 Å². The monoisotopic (exact) mass is 278 g/mol. The van der Waals surface area contributed by atoms with E-state index in [0.29, 0.717) is 5.56 Å². The number of ether oxygens (including phenoxy) is 1. The number of carbonyl (C=O) groups is 1. The summed E-state index contributed by atoms with van der Waals surface area (Å²) in [5.41, 5.74) is 0.349. The lowest BCUT2D eigenvalue weighted by Crippen LogP contribution is -2.11. The second-order valence-electron chi connectivity index (χ2n) is 3.71. The summed E-state index contributed by atoms with van der Waals surface area (Å²) in [5, 5.41) is -0.383. The molecule has 7 heteroatoms. The van der Waals surface area contributed by atoms with E-state index in [4.69, 9.17) is 4.74 Å². The van der Waals surface area contributed by atoms with Gasteiger partial charge in [0.1, 0.15) is 0 Å². The second kappa shape index (κ2) is 5.15. The maximum atomic E-state index is 11.7. The van der Waals surface area contributed by atoms with Gasteiger partial charge in [-0.2, -0.15) is 4.98 Å². The molecule has 1 heterocycles. The normalized spacial score (nSPS) is 11.0. The Kier molecular flexibility index (Phi) is 3.57. The molecule has 19 heavy (non-hydrogen) atoms. The zero-order valence-corrected chi connectivity index (χ0v) is 10.8. The number of sulfone groups is 1. The molecule has 0 spiro atoms. The molecule has 0 radical (unpaired) electrons. The molecule has 0 saturated heterocycles. The van der Waals surface area contributed by atoms with Crippen molar-refractivity contribution in [3.05, 3.63) is 48.2 Å². The van der Waals surface area contributed by atoms with Crippen LogP contribution in [0.15, 0.2) is 47.8 Å². The highest BCUT2D eigenvalue weighted by Gasteiger charge is 2.14. The molecule has 2 aromatic rings. The first kappa shape index (κ1) is 13.2. The standard InChI is InChI=1S/C12H10N2O4S/c1-19(16,17)12-13-8-7-10(14-12)18-11(15)9-5-3-2-4-6-9/h2-8H,1H3. The Morgan fingerprint density at radius 2 is 1.84 bits per heavy atom. The van der Waals surface area contributed by atoms with Gasteiger partial charge in [-0.05, 0) is 12.1 Å². The number of rotatable bonds is 3. The van der Waals surface area contributed by atoms with Crippen LogP contribution in [-0.2, 0) is 9.84 Å². The minimum absolute atomic E-state index is 0.107. The summed E-state index contributed by atoms with van der Waals surface area (Å²) in [5.74, 6) is -0.719. The molecule has 2 rings (SSSR count). The lowest BCUT2D eigenvalue weighted by atomic mass is 10.2. The van der Waals surface area contributed by atoms with Crippen molar-refractivity contribution < 1.29 is 17.9 Å². The van der Waals surface area contributed by atoms with Crippen molar-refractivity contribution in [2.75, 3.05) is 6.26 Å². The number of carbonyl (C=O) groups excluding carboxylic acids is 1. The Bertz CT molecular complexity index is 699. The van der Waals surface area contributed by atoms with Crippen LogP contribution in [0.2, 0.25) is 0 Å². The first-order chi connectivity index (χ1) is 8.97. The fourth-order valence-corrected chi connectivity index (χ4v) is 1.80. The van der Waals surface area contributed by atoms with Gasteiger partial charge in [-0.25, -0.2) is 18.2 Å². The molecule has 0 N–H and O–H groups in total. The van der Waals surface area contributed by atoms with E-state index in [9.17, 15) is 13.2 Å². The maximum Gasteiger partial charge on any atom is 0.344 e. The van der Waals surface area contributed by atoms with Crippen LogP contribution in [0.25, 0.3) is 0 Å². The Morgan fingerprint density at radius 1 is 1.16 bits per heavy atom. The quantitative estimate of drug-likeness (QED) is 0.617. The molecule has 0 aliphatic heterocycles. The van der Waals surface area contributed by atoms with Gasteiger partial charge in [0.2, 0.25) is 20.9 Å². The third-order valence-electron chi connectivity index (χ3n) is 2.15. The van der Waals surface area contributed by atoms with Crippen molar-refractivity contribution in [1.82, 2.24) is 9.97 Å². The van der Waals surface area contributed by atoms with E-state index in [2.05, 4.69) is 9.97 Å². The summed E-state index contributed by atoms with van der Waals surface area (Å²) in [6.07, 6.45) is 2.20. The van der Waals surface area contributed by atoms with Gasteiger partial charge in [-0.3, -0.25) is 0 Å². The molecule has 98 valence electrons. The van der Waals surface area contributed by atoms with Crippen LogP contribution >= 0.6 is 0 Å². The summed E-state index contributed by atoms with van der Waals surface area (Å²) in [6.45, 7) is 0. The van der Waals surface area contributed by atoms with E-state index in [0.717, 1.165) is 6.26 Å². The van der Waals surface area contributed by atoms with E-state index in [1.165, 1.54) is 12.3 Å². The molecule has 6 nitrogen and oxygen atoms in total. The average Bonchev–Trinajstić information content (AvgIpc) is 2.39. The number of esters is 1. The Labute approximate surface area is 110 Å². The predicted octanol–water partition coefficient (Wildman–Crippen LogP) is 1.10. The van der Waals surface area contributed by atoms with Gasteiger partial charge in [0.25, 0.3) is 0 Å². The van der Waals surface area contributed by atoms with Crippen molar-refractivity contribution in [2.45, 2.75) is 5.16 Å². The van der Waals surface area contributed by atoms with Crippen molar-refractivity contribution in [3.63, 3.8) is 0 Å². The van der Waals surface area contributed by atoms with E-state index >= 15 is 0 Å². The largest absolute Gasteiger partial charge is 0.404 e. The van der Waals surface area contributed by atoms with Crippen LogP contribution in [-0.4, -0.2) is 30.6 Å². The SMILES string of the molecule is CS(=O)(=O)c1nccc(OC(=O)c2ccccc2)n1. The van der Waals surface area contributed by atoms with Crippen LogP contribution in [0, 0.1) is 0 Å². The van der Waals surface area contributed by atoms with E-state index in [1.54, 1.807) is 30.3 Å². The average molecular weight is 278 g/mol. The van der Waals surface area contributed by atoms with Crippen molar-refractivity contribution in [2.24, 2.45) is 0 Å². The highest BCUT2D eigenvalue weighted by molar-refractivity contribution is 7.90. The van der Waals surface area contributed by atoms with Gasteiger partial charge >= 0.3 is 5.97 Å². The van der Waals surface area contributed by atoms with Gasteiger partial charge in [0, 0.05) is 18.5 Å². The topological polar surface area (TPSA) is 86.2 Å². The zero-order valence-electron chi connectivity index (χ0n) is 9.98. The molecule has 0 aliphatic carbocycles. The van der Waals surface area contributed by atoms with Gasteiger partial charge in [0.05, 0.1) is 5.56 Å². The van der Waals surface area contributed by atoms with Gasteiger partial charge in [-0.1, -0.05) is 18.2 Å². The zero-order chi connectivity index (χ0) is 13.9. The highest BCUT2D eigenvalue weighted by atomic mass is 32.2. The third-order valence-corrected chi connectivity index (χ3v) is 3.01. The molecule has 0 fully saturated rings. The number of hydrogen-bond donors (Lipinski definition) is 0. The molecule has 0 saturated carbocycles. The number of nitrogens with zero attached hydrogens (tertiary/aromatic N) is 2. The molecule has 0 unspecified atom stereocenters. The van der Waals surface area contributed by atoms with Crippen molar-refractivity contribution in [3.8, 4) is 5.88 Å². The van der Waals surface area contributed by atoms with Crippen LogP contribution in [0.3, 0.4) is 0 Å². The Balaban J connectivity index is 2.23. The fraction of sp³-hybridized carbons (Fsp3) is 0.0833. The smallest absolute Gasteiger partial charge is 0.344 e. The summed E-state index contributed by atoms with van der Waals surface area (Å²) in [6, 6.07) is 9.64. The first-order valence-electron chi connectivity index (χ1n) is 5.27. The van der Waals surface area contributed by atoms with Crippen molar-refractivity contribution >= 4 is 15.8 Å². The Hall–Kier alpha value is -2.28. The summed E-state index contributed by atoms with van der Waals surface area (Å²) in [7, 11) is -3.54. The predicted molar refractivity (Wildman–Crippen MR) is 66.5 cm³/mol. The van der Waals surface area contributed by atoms with Crippen LogP contribution in [0.5, 0.6) is 5.88 Å². The van der Waals surface area contributed by atoms with Crippen LogP contribution in [0.4, 0.5) is 0 Å². The number of hydrogen-bond acceptors (Lipinski definition) is 6. The third kappa shape index (κ3) is 3.35. The first-order valence-corrected chi connectivity index (χ1v) is 7.16. The molecule has 0 aliphatic rings. The Morgan fingerprint density at radius 3 is 2.47 bits per heavy atom. The molecule has 1 aromatic heterocycles. The van der Waals surface area contributed by atoms with Gasteiger partial charge in [0.15, 0.2) is 0 Å². The van der Waals surface area contributed by atoms with Gasteiger partial charge < -0.3 is 4.74 Å². The van der Waals surface area contributed by atoms with E-state index in [1.807, 2.05) is 0 Å². The minimum Gasteiger partial charge on any atom is -0.404 e. The molecule has 0 atom stereocenters. The maximum absolute atomic E-state index is 11.7.